The van der Waals surface area contributed by atoms with Crippen molar-refractivity contribution in [2.24, 2.45) is 5.73 Å². The normalized spacial score (nSPS) is 12.0. The Bertz CT molecular complexity index is 637. The topological polar surface area (TPSA) is 47.3 Å². The molecule has 0 aliphatic rings. The fourth-order valence-electron chi connectivity index (χ4n) is 1.97. The Hall–Kier alpha value is -1.49. The number of nitrogens with two attached hydrogens (primary N) is 1. The van der Waals surface area contributed by atoms with E-state index in [2.05, 4.69) is 5.32 Å². The van der Waals surface area contributed by atoms with Crippen molar-refractivity contribution in [1.29, 1.82) is 0 Å². The Labute approximate surface area is 132 Å². The number of methoxy groups -OCH3 is 1. The van der Waals surface area contributed by atoms with Gasteiger partial charge < -0.3 is 15.8 Å². The molecule has 0 spiro atoms. The first-order chi connectivity index (χ1) is 10.0. The lowest BCUT2D eigenvalue weighted by molar-refractivity contribution is 0.415. The van der Waals surface area contributed by atoms with E-state index in [1.807, 2.05) is 6.07 Å². The van der Waals surface area contributed by atoms with Gasteiger partial charge in [-0.05, 0) is 35.9 Å². The lowest BCUT2D eigenvalue weighted by atomic mass is 10.1. The van der Waals surface area contributed by atoms with E-state index in [-0.39, 0.29) is 11.9 Å². The Morgan fingerprint density at radius 1 is 1.19 bits per heavy atom. The molecule has 0 saturated heterocycles. The number of ether oxygens (including phenoxy) is 1. The van der Waals surface area contributed by atoms with Crippen LogP contribution in [0.15, 0.2) is 36.4 Å². The van der Waals surface area contributed by atoms with Gasteiger partial charge in [-0.25, -0.2) is 4.39 Å². The van der Waals surface area contributed by atoms with Gasteiger partial charge in [0.25, 0.3) is 0 Å². The number of anilines is 1. The lowest BCUT2D eigenvalue weighted by Crippen LogP contribution is -2.20. The molecule has 112 valence electrons. The number of hydrogen-bond donors (Lipinski definition) is 2. The highest BCUT2D eigenvalue weighted by molar-refractivity contribution is 6.33. The molecule has 2 aromatic rings. The second-order valence-corrected chi connectivity index (χ2v) is 5.27. The van der Waals surface area contributed by atoms with Crippen molar-refractivity contribution in [2.45, 2.75) is 6.04 Å². The summed E-state index contributed by atoms with van der Waals surface area (Å²) >= 11 is 12.2. The van der Waals surface area contributed by atoms with Crippen LogP contribution in [0.4, 0.5) is 10.1 Å². The molecule has 21 heavy (non-hydrogen) atoms. The van der Waals surface area contributed by atoms with Crippen LogP contribution < -0.4 is 15.8 Å². The summed E-state index contributed by atoms with van der Waals surface area (Å²) in [6.45, 7) is 0.301. The summed E-state index contributed by atoms with van der Waals surface area (Å²) in [4.78, 5) is 0. The molecular weight excluding hydrogens is 314 g/mol. The summed E-state index contributed by atoms with van der Waals surface area (Å²) in [7, 11) is 1.55. The molecule has 0 saturated carbocycles. The van der Waals surface area contributed by atoms with E-state index in [1.165, 1.54) is 18.2 Å². The first-order valence-corrected chi connectivity index (χ1v) is 7.06. The van der Waals surface area contributed by atoms with Gasteiger partial charge in [-0.1, -0.05) is 29.3 Å². The molecule has 2 rings (SSSR count). The van der Waals surface area contributed by atoms with Gasteiger partial charge >= 0.3 is 0 Å². The van der Waals surface area contributed by atoms with Crippen LogP contribution in [0, 0.1) is 5.82 Å². The maximum atomic E-state index is 13.3. The highest BCUT2D eigenvalue weighted by Crippen LogP contribution is 2.30. The van der Waals surface area contributed by atoms with E-state index in [9.17, 15) is 4.39 Å². The van der Waals surface area contributed by atoms with Crippen LogP contribution in [0.5, 0.6) is 5.75 Å². The van der Waals surface area contributed by atoms with Gasteiger partial charge in [0.05, 0.1) is 28.9 Å². The van der Waals surface area contributed by atoms with Crippen molar-refractivity contribution in [3.63, 3.8) is 0 Å². The van der Waals surface area contributed by atoms with Crippen LogP contribution in [0.25, 0.3) is 0 Å². The Morgan fingerprint density at radius 3 is 2.57 bits per heavy atom. The third-order valence-corrected chi connectivity index (χ3v) is 3.70. The number of rotatable bonds is 5. The molecule has 2 aromatic carbocycles. The monoisotopic (exact) mass is 328 g/mol. The fraction of sp³-hybridized carbons (Fsp3) is 0.200. The van der Waals surface area contributed by atoms with Crippen LogP contribution >= 0.6 is 23.2 Å². The molecule has 0 fully saturated rings. The van der Waals surface area contributed by atoms with Gasteiger partial charge in [-0.2, -0.15) is 0 Å². The molecule has 0 aliphatic carbocycles. The molecular formula is C15H15Cl2FN2O. The number of halogens is 3. The van der Waals surface area contributed by atoms with E-state index < -0.39 is 0 Å². The zero-order valence-corrected chi connectivity index (χ0v) is 12.9. The molecule has 6 heteroatoms. The van der Waals surface area contributed by atoms with Crippen molar-refractivity contribution in [2.75, 3.05) is 19.0 Å². The second-order valence-electron chi connectivity index (χ2n) is 4.45. The first kappa shape index (κ1) is 15.9. The summed E-state index contributed by atoms with van der Waals surface area (Å²) in [5, 5.41) is 4.03. The lowest BCUT2D eigenvalue weighted by Gasteiger charge is -2.20. The molecule has 0 radical (unpaired) electrons. The highest BCUT2D eigenvalue weighted by Gasteiger charge is 2.14. The third kappa shape index (κ3) is 3.79. The minimum Gasteiger partial charge on any atom is -0.495 e. The van der Waals surface area contributed by atoms with E-state index in [4.69, 9.17) is 33.7 Å². The zero-order chi connectivity index (χ0) is 15.4. The zero-order valence-electron chi connectivity index (χ0n) is 11.4. The predicted molar refractivity (Wildman–Crippen MR) is 84.8 cm³/mol. The first-order valence-electron chi connectivity index (χ1n) is 6.30. The van der Waals surface area contributed by atoms with Crippen LogP contribution in [0.1, 0.15) is 11.6 Å². The molecule has 0 heterocycles. The highest BCUT2D eigenvalue weighted by atomic mass is 35.5. The SMILES string of the molecule is COc1ccc(C(CN)Nc2cc(F)ccc2Cl)cc1Cl. The number of benzene rings is 2. The molecule has 1 unspecified atom stereocenters. The van der Waals surface area contributed by atoms with Crippen LogP contribution in [0.3, 0.4) is 0 Å². The molecule has 3 N–H and O–H groups in total. The average molecular weight is 329 g/mol. The molecule has 1 atom stereocenters. The minimum atomic E-state index is -0.370. The molecule has 0 aromatic heterocycles. The smallest absolute Gasteiger partial charge is 0.137 e. The average Bonchev–Trinajstić information content (AvgIpc) is 2.48. The summed E-state index contributed by atoms with van der Waals surface area (Å²) in [6.07, 6.45) is 0. The minimum absolute atomic E-state index is 0.243. The fourth-order valence-corrected chi connectivity index (χ4v) is 2.41. The van der Waals surface area contributed by atoms with Gasteiger partial charge in [-0.3, -0.25) is 0 Å². The Morgan fingerprint density at radius 2 is 1.95 bits per heavy atom. The van der Waals surface area contributed by atoms with Gasteiger partial charge in [0, 0.05) is 6.54 Å². The quantitative estimate of drug-likeness (QED) is 0.862. The van der Waals surface area contributed by atoms with Gasteiger partial charge in [0.2, 0.25) is 0 Å². The van der Waals surface area contributed by atoms with E-state index in [0.29, 0.717) is 28.0 Å². The molecule has 0 amide bonds. The van der Waals surface area contributed by atoms with Crippen molar-refractivity contribution in [1.82, 2.24) is 0 Å². The summed E-state index contributed by atoms with van der Waals surface area (Å²) in [5.41, 5.74) is 7.14. The van der Waals surface area contributed by atoms with Crippen molar-refractivity contribution in [3.05, 3.63) is 57.8 Å². The maximum absolute atomic E-state index is 13.3. The Kier molecular flexibility index (Phi) is 5.28. The molecule has 3 nitrogen and oxygen atoms in total. The van der Waals surface area contributed by atoms with Crippen molar-refractivity contribution >= 4 is 28.9 Å². The van der Waals surface area contributed by atoms with E-state index in [1.54, 1.807) is 19.2 Å². The summed E-state index contributed by atoms with van der Waals surface area (Å²) < 4.78 is 18.4. The molecule has 0 bridgehead atoms. The number of nitrogens with one attached hydrogen (secondary N) is 1. The second kappa shape index (κ2) is 6.98. The van der Waals surface area contributed by atoms with Gasteiger partial charge in [0.1, 0.15) is 11.6 Å². The van der Waals surface area contributed by atoms with Gasteiger partial charge in [0.15, 0.2) is 0 Å². The van der Waals surface area contributed by atoms with Crippen LogP contribution in [-0.2, 0) is 0 Å². The standard InChI is InChI=1S/C15H15Cl2FN2O/c1-21-15-5-2-9(6-12(15)17)14(8-19)20-13-7-10(18)3-4-11(13)16/h2-7,14,20H,8,19H2,1H3. The van der Waals surface area contributed by atoms with Crippen LogP contribution in [-0.4, -0.2) is 13.7 Å². The number of hydrogen-bond acceptors (Lipinski definition) is 3. The third-order valence-electron chi connectivity index (χ3n) is 3.07. The van der Waals surface area contributed by atoms with E-state index >= 15 is 0 Å². The van der Waals surface area contributed by atoms with Gasteiger partial charge in [-0.15, -0.1) is 0 Å². The van der Waals surface area contributed by atoms with E-state index in [0.717, 1.165) is 5.56 Å². The maximum Gasteiger partial charge on any atom is 0.137 e. The van der Waals surface area contributed by atoms with Crippen LogP contribution in [0.2, 0.25) is 10.0 Å². The largest absolute Gasteiger partial charge is 0.495 e. The molecule has 0 aliphatic heterocycles. The van der Waals surface area contributed by atoms with Crippen molar-refractivity contribution < 1.29 is 9.13 Å². The summed E-state index contributed by atoms with van der Waals surface area (Å²) in [6, 6.07) is 9.25. The Balaban J connectivity index is 2.27. The summed E-state index contributed by atoms with van der Waals surface area (Å²) in [5.74, 6) is 0.213. The van der Waals surface area contributed by atoms with Crippen molar-refractivity contribution in [3.8, 4) is 5.75 Å². The predicted octanol–water partition coefficient (Wildman–Crippen LogP) is 4.25.